The van der Waals surface area contributed by atoms with Gasteiger partial charge in [-0.1, -0.05) is 19.9 Å². The number of benzene rings is 1. The molecular weight excluding hydrogens is 347 g/mol. The van der Waals surface area contributed by atoms with E-state index in [4.69, 9.17) is 4.74 Å². The Morgan fingerprint density at radius 2 is 2.00 bits per heavy atom. The minimum atomic E-state index is -4.12. The van der Waals surface area contributed by atoms with E-state index in [0.717, 1.165) is 23.1 Å². The fourth-order valence-corrected chi connectivity index (χ4v) is 2.27. The number of alkyl halides is 3. The summed E-state index contributed by atoms with van der Waals surface area (Å²) >= 11 is 3.38. The predicted molar refractivity (Wildman–Crippen MR) is 81.5 cm³/mol. The third-order valence-electron chi connectivity index (χ3n) is 2.74. The van der Waals surface area contributed by atoms with Gasteiger partial charge in [0.1, 0.15) is 5.75 Å². The van der Waals surface area contributed by atoms with Crippen LogP contribution in [0.25, 0.3) is 0 Å². The van der Waals surface area contributed by atoms with E-state index < -0.39 is 12.6 Å². The van der Waals surface area contributed by atoms with Gasteiger partial charge in [0.05, 0.1) is 11.1 Å². The maximum absolute atomic E-state index is 12.0. The summed E-state index contributed by atoms with van der Waals surface area (Å²) in [7, 11) is 0. The van der Waals surface area contributed by atoms with Crippen molar-refractivity contribution in [1.29, 1.82) is 0 Å². The summed E-state index contributed by atoms with van der Waals surface area (Å²) < 4.78 is 42.2. The van der Waals surface area contributed by atoms with Crippen molar-refractivity contribution >= 4 is 15.9 Å². The first-order valence-corrected chi connectivity index (χ1v) is 7.76. The molecule has 0 spiro atoms. The fraction of sp³-hybridized carbons (Fsp3) is 0.600. The van der Waals surface area contributed by atoms with Gasteiger partial charge in [0.2, 0.25) is 0 Å². The van der Waals surface area contributed by atoms with E-state index >= 15 is 0 Å². The Hall–Kier alpha value is -0.750. The van der Waals surface area contributed by atoms with E-state index in [1.165, 1.54) is 0 Å². The molecule has 0 aromatic heterocycles. The quantitative estimate of drug-likeness (QED) is 0.658. The average Bonchev–Trinajstić information content (AvgIpc) is 2.35. The molecule has 0 aliphatic carbocycles. The Morgan fingerprint density at radius 1 is 1.29 bits per heavy atom. The summed E-state index contributed by atoms with van der Waals surface area (Å²) in [6.07, 6.45) is -4.97. The minimum absolute atomic E-state index is 0.0341. The van der Waals surface area contributed by atoms with Crippen LogP contribution in [-0.2, 0) is 6.54 Å². The number of hydrogen-bond donors (Lipinski definition) is 1. The first-order valence-electron chi connectivity index (χ1n) is 6.96. The van der Waals surface area contributed by atoms with Gasteiger partial charge in [0.15, 0.2) is 0 Å². The molecule has 0 saturated carbocycles. The molecule has 0 aliphatic heterocycles. The molecule has 2 nitrogen and oxygen atoms in total. The molecule has 0 bridgehead atoms. The van der Waals surface area contributed by atoms with Gasteiger partial charge >= 0.3 is 6.18 Å². The molecular formula is C15H21BrF3NO. The highest BCUT2D eigenvalue weighted by Gasteiger charge is 2.26. The lowest BCUT2D eigenvalue weighted by molar-refractivity contribution is -0.136. The molecule has 21 heavy (non-hydrogen) atoms. The van der Waals surface area contributed by atoms with Crippen LogP contribution in [0.2, 0.25) is 0 Å². The Balaban J connectivity index is 2.39. The van der Waals surface area contributed by atoms with Crippen LogP contribution in [0.5, 0.6) is 5.75 Å². The molecule has 0 radical (unpaired) electrons. The van der Waals surface area contributed by atoms with E-state index in [-0.39, 0.29) is 13.0 Å². The van der Waals surface area contributed by atoms with Crippen LogP contribution >= 0.6 is 15.9 Å². The van der Waals surface area contributed by atoms with Crippen molar-refractivity contribution < 1.29 is 17.9 Å². The summed E-state index contributed by atoms with van der Waals surface area (Å²) in [5.74, 6) is 1.16. The number of nitrogens with one attached hydrogen (secondary N) is 1. The molecule has 0 amide bonds. The molecule has 120 valence electrons. The van der Waals surface area contributed by atoms with Crippen LogP contribution < -0.4 is 10.1 Å². The molecule has 1 rings (SSSR count). The van der Waals surface area contributed by atoms with E-state index in [9.17, 15) is 13.2 Å². The second-order valence-electron chi connectivity index (χ2n) is 5.36. The largest absolute Gasteiger partial charge is 0.492 e. The Morgan fingerprint density at radius 3 is 2.57 bits per heavy atom. The highest BCUT2D eigenvalue weighted by Crippen LogP contribution is 2.27. The molecule has 1 aromatic rings. The van der Waals surface area contributed by atoms with Gasteiger partial charge in [0.25, 0.3) is 0 Å². The molecule has 0 atom stereocenters. The van der Waals surface area contributed by atoms with Crippen molar-refractivity contribution in [2.75, 3.05) is 13.2 Å². The average molecular weight is 368 g/mol. The van der Waals surface area contributed by atoms with Gasteiger partial charge in [-0.2, -0.15) is 13.2 Å². The summed E-state index contributed by atoms with van der Waals surface area (Å²) in [4.78, 5) is 0. The van der Waals surface area contributed by atoms with E-state index in [1.807, 2.05) is 12.1 Å². The van der Waals surface area contributed by atoms with Gasteiger partial charge in [0, 0.05) is 13.0 Å². The van der Waals surface area contributed by atoms with E-state index in [0.29, 0.717) is 11.7 Å². The minimum Gasteiger partial charge on any atom is -0.492 e. The fourth-order valence-electron chi connectivity index (χ4n) is 1.73. The highest BCUT2D eigenvalue weighted by molar-refractivity contribution is 9.10. The Bertz CT molecular complexity index is 435. The summed E-state index contributed by atoms with van der Waals surface area (Å²) in [6, 6.07) is 5.62. The highest BCUT2D eigenvalue weighted by atomic mass is 79.9. The maximum atomic E-state index is 12.0. The molecule has 1 N–H and O–H groups in total. The standard InChI is InChI=1S/C15H21BrF3NO/c1-11(2)9-20-10-12-4-5-14(13(16)8-12)21-7-3-6-15(17,18)19/h4-5,8,11,20H,3,6-7,9-10H2,1-2H3. The van der Waals surface area contributed by atoms with Gasteiger partial charge in [-0.15, -0.1) is 0 Å². The lowest BCUT2D eigenvalue weighted by Gasteiger charge is -2.12. The number of halogens is 4. The van der Waals surface area contributed by atoms with Crippen LogP contribution in [0.1, 0.15) is 32.3 Å². The molecule has 0 fully saturated rings. The molecule has 0 aliphatic rings. The molecule has 0 saturated heterocycles. The molecule has 0 heterocycles. The second-order valence-corrected chi connectivity index (χ2v) is 6.21. The maximum Gasteiger partial charge on any atom is 0.389 e. The number of hydrogen-bond acceptors (Lipinski definition) is 2. The predicted octanol–water partition coefficient (Wildman–Crippen LogP) is 4.92. The number of rotatable bonds is 8. The van der Waals surface area contributed by atoms with Crippen molar-refractivity contribution in [1.82, 2.24) is 5.32 Å². The van der Waals surface area contributed by atoms with Crippen LogP contribution in [0.3, 0.4) is 0 Å². The van der Waals surface area contributed by atoms with E-state index in [1.54, 1.807) is 6.07 Å². The zero-order valence-corrected chi connectivity index (χ0v) is 13.9. The lowest BCUT2D eigenvalue weighted by atomic mass is 10.2. The van der Waals surface area contributed by atoms with Crippen molar-refractivity contribution in [3.63, 3.8) is 0 Å². The Kier molecular flexibility index (Phi) is 7.52. The SMILES string of the molecule is CC(C)CNCc1ccc(OCCCC(F)(F)F)c(Br)c1. The molecule has 0 unspecified atom stereocenters. The summed E-state index contributed by atoms with van der Waals surface area (Å²) in [6.45, 7) is 6.03. The first kappa shape index (κ1) is 18.3. The number of ether oxygens (including phenoxy) is 1. The van der Waals surface area contributed by atoms with Crippen molar-refractivity contribution in [3.05, 3.63) is 28.2 Å². The molecule has 6 heteroatoms. The van der Waals surface area contributed by atoms with E-state index in [2.05, 4.69) is 35.1 Å². The van der Waals surface area contributed by atoms with Gasteiger partial charge in [-0.25, -0.2) is 0 Å². The Labute approximate surface area is 132 Å². The topological polar surface area (TPSA) is 21.3 Å². The van der Waals surface area contributed by atoms with Crippen LogP contribution in [0, 0.1) is 5.92 Å². The zero-order valence-electron chi connectivity index (χ0n) is 12.3. The first-order chi connectivity index (χ1) is 9.78. The summed E-state index contributed by atoms with van der Waals surface area (Å²) in [5.41, 5.74) is 1.10. The monoisotopic (exact) mass is 367 g/mol. The third kappa shape index (κ3) is 8.31. The zero-order chi connectivity index (χ0) is 15.9. The van der Waals surface area contributed by atoms with Gasteiger partial charge in [-0.05, 0) is 52.5 Å². The summed E-state index contributed by atoms with van der Waals surface area (Å²) in [5, 5.41) is 3.33. The van der Waals surface area contributed by atoms with Crippen molar-refractivity contribution in [3.8, 4) is 5.75 Å². The lowest BCUT2D eigenvalue weighted by Crippen LogP contribution is -2.18. The van der Waals surface area contributed by atoms with Crippen molar-refractivity contribution in [2.24, 2.45) is 5.92 Å². The van der Waals surface area contributed by atoms with Gasteiger partial charge in [-0.3, -0.25) is 0 Å². The van der Waals surface area contributed by atoms with Crippen LogP contribution in [0.15, 0.2) is 22.7 Å². The molecule has 1 aromatic carbocycles. The third-order valence-corrected chi connectivity index (χ3v) is 3.36. The second kappa shape index (κ2) is 8.63. The van der Waals surface area contributed by atoms with Crippen LogP contribution in [-0.4, -0.2) is 19.3 Å². The van der Waals surface area contributed by atoms with Crippen LogP contribution in [0.4, 0.5) is 13.2 Å². The van der Waals surface area contributed by atoms with Gasteiger partial charge < -0.3 is 10.1 Å². The smallest absolute Gasteiger partial charge is 0.389 e. The normalized spacial score (nSPS) is 12.0. The van der Waals surface area contributed by atoms with Crippen molar-refractivity contribution in [2.45, 2.75) is 39.4 Å².